The molecule has 0 atom stereocenters. The maximum absolute atomic E-state index is 13.2. The number of alkyl halides is 3. The van der Waals surface area contributed by atoms with E-state index in [-0.39, 0.29) is 6.61 Å². The summed E-state index contributed by atoms with van der Waals surface area (Å²) in [6.07, 6.45) is -4.40. The Hall–Kier alpha value is -3.06. The van der Waals surface area contributed by atoms with E-state index in [1.54, 1.807) is 0 Å². The average Bonchev–Trinajstić information content (AvgIpc) is 3.14. The molecule has 0 aliphatic carbocycles. The lowest BCUT2D eigenvalue weighted by molar-refractivity contribution is -0.137. The zero-order chi connectivity index (χ0) is 22.7. The number of rotatable bonds is 8. The predicted octanol–water partition coefficient (Wildman–Crippen LogP) is 6.13. The van der Waals surface area contributed by atoms with Crippen LogP contribution in [0.3, 0.4) is 0 Å². The molecular formula is C25H26F3N3O. The standard InChI is InChI=1S/C25H26F3N3O/c1-3-30(4-2)13-14-31-23-12-10-20(25(26,27)28)16-22(23)29-24(31)17-32-21-11-9-18-7-5-6-8-19(18)15-21/h5-12,15-16H,3-4,13-14,17H2,1-2H3. The number of hydrogen-bond donors (Lipinski definition) is 0. The van der Waals surface area contributed by atoms with Gasteiger partial charge < -0.3 is 14.2 Å². The van der Waals surface area contributed by atoms with Gasteiger partial charge in [0.25, 0.3) is 0 Å². The van der Waals surface area contributed by atoms with Gasteiger partial charge in [0, 0.05) is 13.1 Å². The molecular weight excluding hydrogens is 415 g/mol. The van der Waals surface area contributed by atoms with Crippen molar-refractivity contribution in [3.05, 3.63) is 72.1 Å². The van der Waals surface area contributed by atoms with Crippen molar-refractivity contribution in [3.8, 4) is 5.75 Å². The van der Waals surface area contributed by atoms with Crippen LogP contribution in [0.25, 0.3) is 21.8 Å². The Bertz CT molecular complexity index is 1210. The Morgan fingerprint density at radius 2 is 1.69 bits per heavy atom. The lowest BCUT2D eigenvalue weighted by atomic mass is 10.1. The third kappa shape index (κ3) is 4.72. The molecule has 0 spiro atoms. The van der Waals surface area contributed by atoms with Gasteiger partial charge in [-0.15, -0.1) is 0 Å². The van der Waals surface area contributed by atoms with E-state index in [4.69, 9.17) is 4.74 Å². The molecule has 7 heteroatoms. The van der Waals surface area contributed by atoms with E-state index in [0.29, 0.717) is 29.2 Å². The third-order valence-electron chi connectivity index (χ3n) is 5.78. The quantitative estimate of drug-likeness (QED) is 0.330. The SMILES string of the molecule is CCN(CC)CCn1c(COc2ccc3ccccc3c2)nc2cc(C(F)(F)F)ccc21. The van der Waals surface area contributed by atoms with Gasteiger partial charge in [0.05, 0.1) is 16.6 Å². The van der Waals surface area contributed by atoms with Gasteiger partial charge >= 0.3 is 6.18 Å². The molecule has 4 rings (SSSR count). The van der Waals surface area contributed by atoms with Gasteiger partial charge in [0.2, 0.25) is 0 Å². The van der Waals surface area contributed by atoms with Crippen LogP contribution in [-0.2, 0) is 19.3 Å². The first-order chi connectivity index (χ1) is 15.4. The molecule has 0 saturated heterocycles. The topological polar surface area (TPSA) is 30.3 Å². The maximum atomic E-state index is 13.2. The highest BCUT2D eigenvalue weighted by atomic mass is 19.4. The van der Waals surface area contributed by atoms with E-state index in [9.17, 15) is 13.2 Å². The van der Waals surface area contributed by atoms with Gasteiger partial charge in [-0.3, -0.25) is 0 Å². The van der Waals surface area contributed by atoms with E-state index in [2.05, 4.69) is 23.7 Å². The van der Waals surface area contributed by atoms with Crippen LogP contribution in [0.5, 0.6) is 5.75 Å². The normalized spacial score (nSPS) is 12.2. The number of likely N-dealkylation sites (N-methyl/N-ethyl adjacent to an activating group) is 1. The van der Waals surface area contributed by atoms with E-state index in [1.165, 1.54) is 6.07 Å². The summed E-state index contributed by atoms with van der Waals surface area (Å²) in [5, 5.41) is 2.18. The Kier molecular flexibility index (Phi) is 6.37. The lowest BCUT2D eigenvalue weighted by Gasteiger charge is -2.19. The van der Waals surface area contributed by atoms with Crippen molar-refractivity contribution in [2.45, 2.75) is 33.2 Å². The molecule has 4 nitrogen and oxygen atoms in total. The van der Waals surface area contributed by atoms with Crippen LogP contribution >= 0.6 is 0 Å². The number of fused-ring (bicyclic) bond motifs is 2. The first-order valence-electron chi connectivity index (χ1n) is 10.8. The first-order valence-corrected chi connectivity index (χ1v) is 10.8. The summed E-state index contributed by atoms with van der Waals surface area (Å²) in [4.78, 5) is 6.78. The van der Waals surface area contributed by atoms with Crippen molar-refractivity contribution in [1.82, 2.24) is 14.5 Å². The lowest BCUT2D eigenvalue weighted by Crippen LogP contribution is -2.27. The number of benzene rings is 3. The Morgan fingerprint density at radius 3 is 2.41 bits per heavy atom. The molecule has 0 aliphatic heterocycles. The molecule has 0 N–H and O–H groups in total. The highest BCUT2D eigenvalue weighted by Gasteiger charge is 2.31. The predicted molar refractivity (Wildman–Crippen MR) is 121 cm³/mol. The van der Waals surface area contributed by atoms with E-state index in [0.717, 1.165) is 42.5 Å². The number of hydrogen-bond acceptors (Lipinski definition) is 3. The number of ether oxygens (including phenoxy) is 1. The fourth-order valence-corrected chi connectivity index (χ4v) is 3.90. The van der Waals surface area contributed by atoms with Gasteiger partial charge in [0.1, 0.15) is 18.2 Å². The second kappa shape index (κ2) is 9.20. The molecule has 168 valence electrons. The van der Waals surface area contributed by atoms with E-state index in [1.807, 2.05) is 47.0 Å². The smallest absolute Gasteiger partial charge is 0.416 e. The molecule has 3 aromatic carbocycles. The fraction of sp³-hybridized carbons (Fsp3) is 0.320. The summed E-state index contributed by atoms with van der Waals surface area (Å²) >= 11 is 0. The minimum atomic E-state index is -4.40. The Balaban J connectivity index is 1.64. The summed E-state index contributed by atoms with van der Waals surface area (Å²) in [5.41, 5.74) is 0.319. The zero-order valence-electron chi connectivity index (χ0n) is 18.2. The summed E-state index contributed by atoms with van der Waals surface area (Å²) in [7, 11) is 0. The highest BCUT2D eigenvalue weighted by molar-refractivity contribution is 5.83. The molecule has 4 aromatic rings. The number of imidazole rings is 1. The fourth-order valence-electron chi connectivity index (χ4n) is 3.90. The molecule has 0 aliphatic rings. The van der Waals surface area contributed by atoms with Gasteiger partial charge in [-0.05, 0) is 54.2 Å². The molecule has 32 heavy (non-hydrogen) atoms. The molecule has 1 heterocycles. The molecule has 0 fully saturated rings. The van der Waals surface area contributed by atoms with Crippen LogP contribution in [0, 0.1) is 0 Å². The van der Waals surface area contributed by atoms with Crippen LogP contribution in [0.1, 0.15) is 25.2 Å². The summed E-state index contributed by atoms with van der Waals surface area (Å²) in [5.74, 6) is 1.31. The van der Waals surface area contributed by atoms with Crippen LogP contribution in [-0.4, -0.2) is 34.1 Å². The Morgan fingerprint density at radius 1 is 0.938 bits per heavy atom. The molecule has 0 radical (unpaired) electrons. The molecule has 1 aromatic heterocycles. The van der Waals surface area contributed by atoms with Crippen molar-refractivity contribution in [3.63, 3.8) is 0 Å². The minimum Gasteiger partial charge on any atom is -0.486 e. The second-order valence-electron chi connectivity index (χ2n) is 7.71. The first kappa shape index (κ1) is 22.1. The molecule has 0 saturated carbocycles. The molecule has 0 unspecified atom stereocenters. The zero-order valence-corrected chi connectivity index (χ0v) is 18.2. The number of halogens is 3. The van der Waals surface area contributed by atoms with E-state index < -0.39 is 11.7 Å². The maximum Gasteiger partial charge on any atom is 0.416 e. The highest BCUT2D eigenvalue weighted by Crippen LogP contribution is 2.32. The van der Waals surface area contributed by atoms with Crippen molar-refractivity contribution < 1.29 is 17.9 Å². The summed E-state index contributed by atoms with van der Waals surface area (Å²) in [6.45, 7) is 7.58. The Labute approximate surface area is 185 Å². The van der Waals surface area contributed by atoms with Crippen LogP contribution < -0.4 is 4.74 Å². The largest absolute Gasteiger partial charge is 0.486 e. The third-order valence-corrected chi connectivity index (χ3v) is 5.78. The summed E-state index contributed by atoms with van der Waals surface area (Å²) in [6, 6.07) is 17.6. The van der Waals surface area contributed by atoms with E-state index >= 15 is 0 Å². The van der Waals surface area contributed by atoms with Crippen LogP contribution in [0.4, 0.5) is 13.2 Å². The van der Waals surface area contributed by atoms with Gasteiger partial charge in [-0.1, -0.05) is 44.2 Å². The van der Waals surface area contributed by atoms with Crippen molar-refractivity contribution in [2.24, 2.45) is 0 Å². The van der Waals surface area contributed by atoms with Crippen LogP contribution in [0.2, 0.25) is 0 Å². The van der Waals surface area contributed by atoms with Crippen molar-refractivity contribution in [2.75, 3.05) is 19.6 Å². The second-order valence-corrected chi connectivity index (χ2v) is 7.71. The van der Waals surface area contributed by atoms with Crippen molar-refractivity contribution >= 4 is 21.8 Å². The molecule has 0 bridgehead atoms. The van der Waals surface area contributed by atoms with Gasteiger partial charge in [-0.25, -0.2) is 4.98 Å². The number of aromatic nitrogens is 2. The summed E-state index contributed by atoms with van der Waals surface area (Å²) < 4.78 is 47.6. The van der Waals surface area contributed by atoms with Gasteiger partial charge in [0.15, 0.2) is 0 Å². The average molecular weight is 441 g/mol. The monoisotopic (exact) mass is 441 g/mol. The van der Waals surface area contributed by atoms with Crippen molar-refractivity contribution in [1.29, 1.82) is 0 Å². The van der Waals surface area contributed by atoms with Gasteiger partial charge in [-0.2, -0.15) is 13.2 Å². The van der Waals surface area contributed by atoms with Crippen LogP contribution in [0.15, 0.2) is 60.7 Å². The number of nitrogens with zero attached hydrogens (tertiary/aromatic N) is 3. The minimum absolute atomic E-state index is 0.173. The molecule has 0 amide bonds.